The molecule has 0 aromatic heterocycles. The lowest BCUT2D eigenvalue weighted by Gasteiger charge is -2.19. The Bertz CT molecular complexity index is 1070. The van der Waals surface area contributed by atoms with Gasteiger partial charge in [-0.1, -0.05) is 81.3 Å². The van der Waals surface area contributed by atoms with Gasteiger partial charge in [-0.3, -0.25) is 0 Å². The standard InChI is InChI=1S/C25H26/c1-4-9-20-21(10-5-2)23-16-15-18-12-6-7-13-19(18)25(23)24-17(3)11-8-14-22(20)24/h6-8,11-16H,4-5,9-10H2,1-3H3. The highest BCUT2D eigenvalue weighted by Gasteiger charge is 2.16. The summed E-state index contributed by atoms with van der Waals surface area (Å²) in [5, 5.41) is 8.57. The SMILES string of the molecule is CCCc1c(CCC)c2ccc3ccccc3c2c2c(C)cccc12. The monoisotopic (exact) mass is 326 g/mol. The normalized spacial score (nSPS) is 11.6. The van der Waals surface area contributed by atoms with E-state index in [9.17, 15) is 0 Å². The fraction of sp³-hybridized carbons (Fsp3) is 0.280. The van der Waals surface area contributed by atoms with E-state index in [1.165, 1.54) is 50.7 Å². The first kappa shape index (κ1) is 16.1. The summed E-state index contributed by atoms with van der Waals surface area (Å²) in [6, 6.07) is 20.3. The minimum Gasteiger partial charge on any atom is -0.0651 e. The molecule has 0 bridgehead atoms. The molecule has 4 aromatic carbocycles. The summed E-state index contributed by atoms with van der Waals surface area (Å²) in [7, 11) is 0. The van der Waals surface area contributed by atoms with E-state index in [0.717, 1.165) is 12.8 Å². The lowest BCUT2D eigenvalue weighted by molar-refractivity contribution is 0.874. The Kier molecular flexibility index (Phi) is 4.21. The van der Waals surface area contributed by atoms with Crippen LogP contribution in [0.15, 0.2) is 54.6 Å². The van der Waals surface area contributed by atoms with E-state index in [4.69, 9.17) is 0 Å². The van der Waals surface area contributed by atoms with E-state index in [1.807, 2.05) is 0 Å². The van der Waals surface area contributed by atoms with Crippen LogP contribution >= 0.6 is 0 Å². The molecule has 0 nitrogen and oxygen atoms in total. The summed E-state index contributed by atoms with van der Waals surface area (Å²) < 4.78 is 0. The van der Waals surface area contributed by atoms with E-state index >= 15 is 0 Å². The van der Waals surface area contributed by atoms with E-state index in [-0.39, 0.29) is 0 Å². The molecule has 0 aliphatic carbocycles. The zero-order valence-corrected chi connectivity index (χ0v) is 15.5. The smallest absolute Gasteiger partial charge is 0.00212 e. The van der Waals surface area contributed by atoms with Gasteiger partial charge in [-0.05, 0) is 68.8 Å². The second kappa shape index (κ2) is 6.52. The molecule has 0 N–H and O–H groups in total. The molecule has 0 heterocycles. The first-order chi connectivity index (χ1) is 12.3. The molecule has 0 radical (unpaired) electrons. The van der Waals surface area contributed by atoms with Crippen LogP contribution in [0.1, 0.15) is 43.4 Å². The van der Waals surface area contributed by atoms with Gasteiger partial charge >= 0.3 is 0 Å². The minimum atomic E-state index is 1.16. The van der Waals surface area contributed by atoms with Crippen LogP contribution < -0.4 is 0 Å². The number of hydrogen-bond donors (Lipinski definition) is 0. The quantitative estimate of drug-likeness (QED) is 0.344. The first-order valence-electron chi connectivity index (χ1n) is 9.60. The number of hydrogen-bond acceptors (Lipinski definition) is 0. The predicted octanol–water partition coefficient (Wildman–Crippen LogP) is 7.36. The van der Waals surface area contributed by atoms with Crippen molar-refractivity contribution in [3.05, 3.63) is 71.3 Å². The molecular weight excluding hydrogens is 300 g/mol. The van der Waals surface area contributed by atoms with Crippen molar-refractivity contribution in [2.24, 2.45) is 0 Å². The fourth-order valence-electron chi connectivity index (χ4n) is 4.44. The maximum absolute atomic E-state index is 2.37. The van der Waals surface area contributed by atoms with Crippen molar-refractivity contribution in [2.45, 2.75) is 46.5 Å². The van der Waals surface area contributed by atoms with Crippen molar-refractivity contribution in [1.82, 2.24) is 0 Å². The van der Waals surface area contributed by atoms with Gasteiger partial charge in [0.2, 0.25) is 0 Å². The van der Waals surface area contributed by atoms with Gasteiger partial charge < -0.3 is 0 Å². The van der Waals surface area contributed by atoms with Crippen LogP contribution in [0.25, 0.3) is 32.3 Å². The average Bonchev–Trinajstić information content (AvgIpc) is 2.64. The van der Waals surface area contributed by atoms with Gasteiger partial charge in [-0.25, -0.2) is 0 Å². The van der Waals surface area contributed by atoms with Crippen LogP contribution in [0, 0.1) is 6.92 Å². The molecule has 0 aliphatic heterocycles. The van der Waals surface area contributed by atoms with E-state index in [0.29, 0.717) is 0 Å². The van der Waals surface area contributed by atoms with Gasteiger partial charge in [0.05, 0.1) is 0 Å². The van der Waals surface area contributed by atoms with Crippen molar-refractivity contribution in [2.75, 3.05) is 0 Å². The molecule has 4 aromatic rings. The van der Waals surface area contributed by atoms with E-state index in [2.05, 4.69) is 75.4 Å². The zero-order chi connectivity index (χ0) is 17.4. The largest absolute Gasteiger partial charge is 0.0651 e. The van der Waals surface area contributed by atoms with Gasteiger partial charge in [-0.15, -0.1) is 0 Å². The molecular formula is C25H26. The summed E-state index contributed by atoms with van der Waals surface area (Å²) in [5.74, 6) is 0. The lowest BCUT2D eigenvalue weighted by atomic mass is 9.84. The Morgan fingerprint density at radius 2 is 1.24 bits per heavy atom. The van der Waals surface area contributed by atoms with Crippen LogP contribution in [0.3, 0.4) is 0 Å². The predicted molar refractivity (Wildman–Crippen MR) is 112 cm³/mol. The van der Waals surface area contributed by atoms with Crippen molar-refractivity contribution in [3.63, 3.8) is 0 Å². The summed E-state index contributed by atoms with van der Waals surface area (Å²) in [4.78, 5) is 0. The van der Waals surface area contributed by atoms with Crippen LogP contribution in [0.5, 0.6) is 0 Å². The Morgan fingerprint density at radius 3 is 1.96 bits per heavy atom. The Labute approximate surface area is 150 Å². The average molecular weight is 326 g/mol. The van der Waals surface area contributed by atoms with Crippen molar-refractivity contribution < 1.29 is 0 Å². The second-order valence-electron chi connectivity index (χ2n) is 7.16. The molecule has 0 heteroatoms. The number of fused-ring (bicyclic) bond motifs is 5. The Hall–Kier alpha value is -2.34. The van der Waals surface area contributed by atoms with Gasteiger partial charge in [0, 0.05) is 0 Å². The Morgan fingerprint density at radius 1 is 0.600 bits per heavy atom. The van der Waals surface area contributed by atoms with E-state index in [1.54, 1.807) is 11.1 Å². The number of aryl methyl sites for hydroxylation is 3. The van der Waals surface area contributed by atoms with Crippen molar-refractivity contribution in [3.8, 4) is 0 Å². The highest BCUT2D eigenvalue weighted by atomic mass is 14.2. The molecule has 0 fully saturated rings. The van der Waals surface area contributed by atoms with Gasteiger partial charge in [0.15, 0.2) is 0 Å². The van der Waals surface area contributed by atoms with Crippen LogP contribution in [-0.2, 0) is 12.8 Å². The highest BCUT2D eigenvalue weighted by Crippen LogP contribution is 2.39. The van der Waals surface area contributed by atoms with Gasteiger partial charge in [-0.2, -0.15) is 0 Å². The molecule has 0 saturated heterocycles. The third-order valence-corrected chi connectivity index (χ3v) is 5.47. The molecule has 0 atom stereocenters. The topological polar surface area (TPSA) is 0 Å². The van der Waals surface area contributed by atoms with Crippen LogP contribution in [0.4, 0.5) is 0 Å². The molecule has 0 unspecified atom stereocenters. The molecule has 126 valence electrons. The van der Waals surface area contributed by atoms with Gasteiger partial charge in [0.25, 0.3) is 0 Å². The summed E-state index contributed by atoms with van der Waals surface area (Å²) in [6.07, 6.45) is 4.71. The van der Waals surface area contributed by atoms with Gasteiger partial charge in [0.1, 0.15) is 0 Å². The van der Waals surface area contributed by atoms with Crippen LogP contribution in [-0.4, -0.2) is 0 Å². The third-order valence-electron chi connectivity index (χ3n) is 5.47. The second-order valence-corrected chi connectivity index (χ2v) is 7.16. The summed E-state index contributed by atoms with van der Waals surface area (Å²) >= 11 is 0. The van der Waals surface area contributed by atoms with Crippen molar-refractivity contribution in [1.29, 1.82) is 0 Å². The highest BCUT2D eigenvalue weighted by molar-refractivity contribution is 6.22. The third kappa shape index (κ3) is 2.52. The molecule has 4 rings (SSSR count). The first-order valence-corrected chi connectivity index (χ1v) is 9.60. The summed E-state index contributed by atoms with van der Waals surface area (Å²) in [6.45, 7) is 6.85. The number of rotatable bonds is 4. The van der Waals surface area contributed by atoms with Crippen molar-refractivity contribution >= 4 is 32.3 Å². The maximum atomic E-state index is 2.37. The Balaban J connectivity index is 2.31. The molecule has 25 heavy (non-hydrogen) atoms. The lowest BCUT2D eigenvalue weighted by Crippen LogP contribution is -1.99. The molecule has 0 aliphatic rings. The maximum Gasteiger partial charge on any atom is -0.00212 e. The molecule has 0 amide bonds. The zero-order valence-electron chi connectivity index (χ0n) is 15.5. The number of benzene rings is 4. The van der Waals surface area contributed by atoms with Crippen LogP contribution in [0.2, 0.25) is 0 Å². The fourth-order valence-corrected chi connectivity index (χ4v) is 4.44. The molecule has 0 spiro atoms. The molecule has 0 saturated carbocycles. The minimum absolute atomic E-state index is 1.16. The summed E-state index contributed by atoms with van der Waals surface area (Å²) in [5.41, 5.74) is 4.54. The van der Waals surface area contributed by atoms with E-state index < -0.39 is 0 Å².